The van der Waals surface area contributed by atoms with Crippen LogP contribution in [0, 0.1) is 0 Å². The zero-order valence-electron chi connectivity index (χ0n) is 74.0. The fourth-order valence-corrected chi connectivity index (χ4v) is 20.8. The van der Waals surface area contributed by atoms with Gasteiger partial charge in [-0.15, -0.1) is 11.3 Å². The summed E-state index contributed by atoms with van der Waals surface area (Å²) in [5.41, 5.74) is 24.0. The van der Waals surface area contributed by atoms with Gasteiger partial charge in [0.2, 0.25) is 0 Å². The molecule has 646 valence electrons. The number of aromatic nitrogens is 12. The van der Waals surface area contributed by atoms with Crippen LogP contribution < -0.4 is 0 Å². The van der Waals surface area contributed by atoms with E-state index < -0.39 is 0 Å². The Labute approximate surface area is 794 Å². The third kappa shape index (κ3) is 14.2. The summed E-state index contributed by atoms with van der Waals surface area (Å²) in [6.45, 7) is 0. The van der Waals surface area contributed by atoms with Crippen molar-refractivity contribution in [1.82, 2.24) is 58.6 Å². The molecule has 9 heterocycles. The van der Waals surface area contributed by atoms with E-state index in [1.807, 2.05) is 193 Å². The zero-order chi connectivity index (χ0) is 91.1. The van der Waals surface area contributed by atoms with Gasteiger partial charge in [0.05, 0.1) is 37.8 Å². The van der Waals surface area contributed by atoms with E-state index in [2.05, 4.69) is 293 Å². The molecular weight excluding hydrogens is 1710 g/mol. The Bertz CT molecular complexity index is 9480. The van der Waals surface area contributed by atoms with Crippen molar-refractivity contribution in [2.24, 2.45) is 0 Å². The summed E-state index contributed by atoms with van der Waals surface area (Å²) in [7, 11) is 0. The first-order chi connectivity index (χ1) is 68.4. The number of para-hydroxylation sites is 5. The highest BCUT2D eigenvalue weighted by molar-refractivity contribution is 7.26. The second-order valence-corrected chi connectivity index (χ2v) is 35.3. The molecule has 0 saturated carbocycles. The first kappa shape index (κ1) is 80.3. The van der Waals surface area contributed by atoms with Crippen molar-refractivity contribution >= 4 is 141 Å². The second-order valence-electron chi connectivity index (χ2n) is 34.2. The third-order valence-electron chi connectivity index (χ3n) is 25.9. The zero-order valence-corrected chi connectivity index (χ0v) is 74.8. The van der Waals surface area contributed by atoms with Gasteiger partial charge in [-0.25, -0.2) is 44.9 Å². The van der Waals surface area contributed by atoms with Gasteiger partial charge in [0, 0.05) is 136 Å². The van der Waals surface area contributed by atoms with Gasteiger partial charge >= 0.3 is 0 Å². The molecule has 15 heteroatoms. The third-order valence-corrected chi connectivity index (χ3v) is 27.1. The Morgan fingerprint density at radius 3 is 0.848 bits per heavy atom. The normalized spacial score (nSPS) is 11.6. The van der Waals surface area contributed by atoms with Crippen molar-refractivity contribution in [2.45, 2.75) is 0 Å². The van der Waals surface area contributed by atoms with Gasteiger partial charge in [-0.05, 0) is 114 Å². The average Bonchev–Trinajstić information content (AvgIpc) is 1.57. The molecule has 14 nitrogen and oxygen atoms in total. The standard InChI is InChI=1S/C45H28N4O.C39H24N4O.C39H24N4S/c1-3-13-29(14-4-1)31-17-11-18-32(27-31)44-46-43(30-15-5-2-6-16-30)47-45(48-44)33-19-12-20-34(28-33)49-39-23-9-7-21-35(39)37-25-26-38-36-22-8-10-24-40(36)50-42(38)41(37)49;1-3-11-25(12-4-1)37-40-38(26-13-5-2-6-14-26)42-39(41-37)27-19-21-28(22-20-27)43-33-17-9-7-15-29(33)31-23-24-32-30-16-8-10-18-34(30)44-36(32)35(31)43;1-3-12-25(13-4-1)37-40-38(26-14-5-2-6-15-26)42-39(41-37)27-16-11-17-28(24-27)43-33-20-9-7-18-29(33)31-22-23-32-30-19-8-10-21-34(30)44-36(32)35(31)43/h1-28H;2*1-24H. The van der Waals surface area contributed by atoms with Crippen LogP contribution in [-0.4, -0.2) is 58.6 Å². The van der Waals surface area contributed by atoms with E-state index in [-0.39, 0.29) is 0 Å². The monoisotopic (exact) mass is 1780 g/mol. The van der Waals surface area contributed by atoms with E-state index in [0.717, 1.165) is 155 Å². The predicted molar refractivity (Wildman–Crippen MR) is 564 cm³/mol. The molecule has 0 amide bonds. The summed E-state index contributed by atoms with van der Waals surface area (Å²) in [5, 5.41) is 14.2. The van der Waals surface area contributed by atoms with Crippen LogP contribution in [0.15, 0.2) is 470 Å². The molecule has 0 aliphatic rings. The van der Waals surface area contributed by atoms with Gasteiger partial charge in [0.1, 0.15) is 11.2 Å². The van der Waals surface area contributed by atoms with Crippen molar-refractivity contribution < 1.29 is 8.83 Å². The van der Waals surface area contributed by atoms with E-state index in [1.54, 1.807) is 0 Å². The lowest BCUT2D eigenvalue weighted by molar-refractivity contribution is 0.670. The van der Waals surface area contributed by atoms with Crippen LogP contribution >= 0.6 is 11.3 Å². The Balaban J connectivity index is 0.000000107. The van der Waals surface area contributed by atoms with Crippen LogP contribution in [0.5, 0.6) is 0 Å². The Kier molecular flexibility index (Phi) is 19.7. The first-order valence-corrected chi connectivity index (χ1v) is 46.8. The van der Waals surface area contributed by atoms with Crippen molar-refractivity contribution in [1.29, 1.82) is 0 Å². The first-order valence-electron chi connectivity index (χ1n) is 46.0. The lowest BCUT2D eigenvalue weighted by atomic mass is 10.0. The minimum Gasteiger partial charge on any atom is -0.454 e. The van der Waals surface area contributed by atoms with Gasteiger partial charge in [-0.3, -0.25) is 0 Å². The van der Waals surface area contributed by atoms with E-state index in [4.69, 9.17) is 53.7 Å². The lowest BCUT2D eigenvalue weighted by Gasteiger charge is -2.12. The highest BCUT2D eigenvalue weighted by Gasteiger charge is 2.26. The molecule has 0 saturated heterocycles. The number of benzene rings is 19. The number of rotatable bonds is 13. The molecule has 0 atom stereocenters. The van der Waals surface area contributed by atoms with Crippen molar-refractivity contribution in [3.05, 3.63) is 461 Å². The molecule has 28 rings (SSSR count). The maximum Gasteiger partial charge on any atom is 0.164 e. The summed E-state index contributed by atoms with van der Waals surface area (Å²) in [6, 6.07) is 159. The molecule has 0 aliphatic heterocycles. The predicted octanol–water partition coefficient (Wildman–Crippen LogP) is 31.7. The van der Waals surface area contributed by atoms with Gasteiger partial charge in [0.15, 0.2) is 63.6 Å². The Hall–Kier alpha value is -18.6. The minimum absolute atomic E-state index is 0.607. The topological polar surface area (TPSA) is 157 Å². The minimum atomic E-state index is 0.607. The molecule has 0 unspecified atom stereocenters. The molecule has 0 spiro atoms. The van der Waals surface area contributed by atoms with Crippen LogP contribution in [0.1, 0.15) is 0 Å². The highest BCUT2D eigenvalue weighted by atomic mass is 32.1. The van der Waals surface area contributed by atoms with Crippen LogP contribution in [0.25, 0.3) is 260 Å². The largest absolute Gasteiger partial charge is 0.454 e. The van der Waals surface area contributed by atoms with Crippen LogP contribution in [0.4, 0.5) is 0 Å². The molecule has 0 aliphatic carbocycles. The molecule has 138 heavy (non-hydrogen) atoms. The summed E-state index contributed by atoms with van der Waals surface area (Å²) < 4.78 is 22.7. The summed E-state index contributed by atoms with van der Waals surface area (Å²) in [6.07, 6.45) is 0. The van der Waals surface area contributed by atoms with E-state index in [1.165, 1.54) is 52.8 Å². The van der Waals surface area contributed by atoms with E-state index in [0.29, 0.717) is 52.4 Å². The molecule has 0 bridgehead atoms. The fraction of sp³-hybridized carbons (Fsp3) is 0. The maximum absolute atomic E-state index is 6.59. The lowest BCUT2D eigenvalue weighted by Crippen LogP contribution is -2.01. The second kappa shape index (κ2) is 33.9. The van der Waals surface area contributed by atoms with E-state index in [9.17, 15) is 0 Å². The maximum atomic E-state index is 6.59. The fourth-order valence-electron chi connectivity index (χ4n) is 19.5. The van der Waals surface area contributed by atoms with E-state index >= 15 is 0 Å². The smallest absolute Gasteiger partial charge is 0.164 e. The van der Waals surface area contributed by atoms with Crippen molar-refractivity contribution in [2.75, 3.05) is 0 Å². The average molecular weight is 1790 g/mol. The molecule has 19 aromatic carbocycles. The Morgan fingerprint density at radius 1 is 0.167 bits per heavy atom. The molecule has 9 aromatic heterocycles. The SMILES string of the molecule is c1ccc(-c2cccc(-c3nc(-c4ccccc4)nc(-c4cccc(-n5c6ccccc6c6ccc7c8ccccc8oc7c65)c4)n3)c2)cc1.c1ccc(-c2nc(-c3ccccc3)nc(-c3ccc(-n4c5ccccc5c5ccc6c7ccccc7oc6c54)cc3)n2)cc1.c1ccc(-c2nc(-c3ccccc3)nc(-c3cccc(-n4c5ccccc5c5ccc6c7ccccc7sc6c54)c3)n2)cc1. The van der Waals surface area contributed by atoms with Gasteiger partial charge < -0.3 is 22.5 Å². The van der Waals surface area contributed by atoms with Crippen LogP contribution in [0.2, 0.25) is 0 Å². The highest BCUT2D eigenvalue weighted by Crippen LogP contribution is 2.47. The molecule has 0 N–H and O–H groups in total. The summed E-state index contributed by atoms with van der Waals surface area (Å²) in [4.78, 5) is 44.7. The molecule has 0 radical (unpaired) electrons. The number of hydrogen-bond donors (Lipinski definition) is 0. The van der Waals surface area contributed by atoms with Gasteiger partial charge in [0.25, 0.3) is 0 Å². The van der Waals surface area contributed by atoms with Crippen molar-refractivity contribution in [3.63, 3.8) is 0 Å². The number of nitrogens with zero attached hydrogens (tertiary/aromatic N) is 12. The summed E-state index contributed by atoms with van der Waals surface area (Å²) >= 11 is 1.86. The number of hydrogen-bond acceptors (Lipinski definition) is 12. The van der Waals surface area contributed by atoms with Gasteiger partial charge in [-0.2, -0.15) is 0 Å². The summed E-state index contributed by atoms with van der Waals surface area (Å²) in [5.74, 6) is 5.74. The Morgan fingerprint density at radius 2 is 0.442 bits per heavy atom. The molecule has 28 aromatic rings. The quantitative estimate of drug-likeness (QED) is 0.108. The number of furan rings is 2. The number of fused-ring (bicyclic) bond motifs is 21. The molecule has 0 fully saturated rings. The van der Waals surface area contributed by atoms with Gasteiger partial charge in [-0.1, -0.05) is 358 Å². The van der Waals surface area contributed by atoms with Crippen LogP contribution in [-0.2, 0) is 0 Å². The van der Waals surface area contributed by atoms with Crippen molar-refractivity contribution in [3.8, 4) is 131 Å². The molecular formula is C123H76N12O2S. The van der Waals surface area contributed by atoms with Crippen LogP contribution in [0.3, 0.4) is 0 Å². The number of thiophene rings is 1.